The van der Waals surface area contributed by atoms with Crippen molar-refractivity contribution in [3.8, 4) is 0 Å². The normalized spacial score (nSPS) is 17.9. The van der Waals surface area contributed by atoms with Gasteiger partial charge in [0, 0.05) is 26.8 Å². The fourth-order valence-electron chi connectivity index (χ4n) is 2.61. The van der Waals surface area contributed by atoms with E-state index in [0.717, 1.165) is 26.1 Å². The smallest absolute Gasteiger partial charge is 0.407 e. The number of methoxy groups -OCH3 is 1. The monoisotopic (exact) mass is 328 g/mol. The summed E-state index contributed by atoms with van der Waals surface area (Å²) in [5.41, 5.74) is 0.00545. The molecule has 136 valence electrons. The van der Waals surface area contributed by atoms with Gasteiger partial charge < -0.3 is 20.1 Å². The van der Waals surface area contributed by atoms with Gasteiger partial charge >= 0.3 is 6.09 Å². The Balaban J connectivity index is 2.28. The molecule has 1 amide bonds. The molecule has 23 heavy (non-hydrogen) atoms. The van der Waals surface area contributed by atoms with Crippen molar-refractivity contribution >= 4 is 6.09 Å². The summed E-state index contributed by atoms with van der Waals surface area (Å²) in [6.45, 7) is 13.5. The first kappa shape index (κ1) is 20.2. The molecule has 0 heterocycles. The van der Waals surface area contributed by atoms with Crippen LogP contribution in [-0.2, 0) is 9.47 Å². The predicted molar refractivity (Wildman–Crippen MR) is 93.6 cm³/mol. The lowest BCUT2D eigenvalue weighted by atomic mass is 9.95. The highest BCUT2D eigenvalue weighted by Crippen LogP contribution is 2.48. The highest BCUT2D eigenvalue weighted by atomic mass is 16.6. The van der Waals surface area contributed by atoms with Gasteiger partial charge in [-0.15, -0.1) is 0 Å². The minimum atomic E-state index is -0.449. The van der Waals surface area contributed by atoms with Gasteiger partial charge in [-0.1, -0.05) is 13.8 Å². The summed E-state index contributed by atoms with van der Waals surface area (Å²) in [5, 5.41) is 6.50. The first-order valence-electron chi connectivity index (χ1n) is 8.84. The Morgan fingerprint density at radius 3 is 2.35 bits per heavy atom. The minimum absolute atomic E-state index is 0.332. The maximum atomic E-state index is 11.8. The zero-order valence-corrected chi connectivity index (χ0v) is 15.8. The third-order valence-electron chi connectivity index (χ3n) is 4.55. The molecule has 1 atom stereocenters. The van der Waals surface area contributed by atoms with E-state index in [2.05, 4.69) is 24.5 Å². The Kier molecular flexibility index (Phi) is 7.81. The maximum Gasteiger partial charge on any atom is 0.407 e. The van der Waals surface area contributed by atoms with Crippen molar-refractivity contribution in [2.75, 3.05) is 33.4 Å². The quantitative estimate of drug-likeness (QED) is 0.646. The topological polar surface area (TPSA) is 59.6 Å². The van der Waals surface area contributed by atoms with Crippen LogP contribution in [0.3, 0.4) is 0 Å². The van der Waals surface area contributed by atoms with Crippen LogP contribution in [0.5, 0.6) is 0 Å². The van der Waals surface area contributed by atoms with Gasteiger partial charge in [-0.25, -0.2) is 4.79 Å². The maximum absolute atomic E-state index is 11.8. The highest BCUT2D eigenvalue weighted by Gasteiger charge is 2.41. The van der Waals surface area contributed by atoms with Crippen LogP contribution in [0.1, 0.15) is 53.9 Å². The van der Waals surface area contributed by atoms with E-state index in [1.54, 1.807) is 7.11 Å². The van der Waals surface area contributed by atoms with Crippen molar-refractivity contribution < 1.29 is 14.3 Å². The van der Waals surface area contributed by atoms with Gasteiger partial charge in [0.2, 0.25) is 0 Å². The minimum Gasteiger partial charge on any atom is -0.444 e. The summed E-state index contributed by atoms with van der Waals surface area (Å²) >= 11 is 0. The van der Waals surface area contributed by atoms with E-state index in [1.165, 1.54) is 12.8 Å². The average molecular weight is 328 g/mol. The van der Waals surface area contributed by atoms with Gasteiger partial charge in [0.05, 0.1) is 0 Å². The number of rotatable bonds is 10. The molecule has 0 spiro atoms. The molecule has 0 aliphatic heterocycles. The van der Waals surface area contributed by atoms with Crippen molar-refractivity contribution in [1.82, 2.24) is 10.6 Å². The van der Waals surface area contributed by atoms with Crippen LogP contribution in [0.25, 0.3) is 0 Å². The lowest BCUT2D eigenvalue weighted by Gasteiger charge is -2.25. The average Bonchev–Trinajstić information content (AvgIpc) is 3.18. The SMILES string of the molecule is COCCC1(CNCC(CNC(=O)OC(C)(C)C)C(C)C)CC1. The summed E-state index contributed by atoms with van der Waals surface area (Å²) in [6.07, 6.45) is 3.40. The van der Waals surface area contributed by atoms with Gasteiger partial charge in [-0.3, -0.25) is 0 Å². The summed E-state index contributed by atoms with van der Waals surface area (Å²) in [7, 11) is 1.76. The van der Waals surface area contributed by atoms with Crippen molar-refractivity contribution in [2.24, 2.45) is 17.3 Å². The van der Waals surface area contributed by atoms with Crippen LogP contribution < -0.4 is 10.6 Å². The molecule has 1 saturated carbocycles. The first-order chi connectivity index (χ1) is 10.7. The number of nitrogens with one attached hydrogen (secondary N) is 2. The van der Waals surface area contributed by atoms with Gasteiger partial charge in [0.1, 0.15) is 5.60 Å². The van der Waals surface area contributed by atoms with Crippen LogP contribution in [-0.4, -0.2) is 45.0 Å². The molecule has 0 aromatic carbocycles. The van der Waals surface area contributed by atoms with E-state index in [9.17, 15) is 4.79 Å². The summed E-state index contributed by atoms with van der Waals surface area (Å²) in [5.74, 6) is 0.910. The lowest BCUT2D eigenvalue weighted by Crippen LogP contribution is -2.40. The highest BCUT2D eigenvalue weighted by molar-refractivity contribution is 5.67. The molecule has 0 saturated heterocycles. The molecule has 5 heteroatoms. The van der Waals surface area contributed by atoms with Crippen LogP contribution in [0, 0.1) is 17.3 Å². The fraction of sp³-hybridized carbons (Fsp3) is 0.944. The number of amides is 1. The van der Waals surface area contributed by atoms with Crippen molar-refractivity contribution in [3.63, 3.8) is 0 Å². The third-order valence-corrected chi connectivity index (χ3v) is 4.55. The molecular formula is C18H36N2O3. The van der Waals surface area contributed by atoms with Crippen molar-refractivity contribution in [2.45, 2.75) is 59.5 Å². The Bertz CT molecular complexity index is 360. The molecule has 5 nitrogen and oxygen atoms in total. The standard InChI is InChI=1S/C18H36N2O3/c1-14(2)15(12-20-16(21)23-17(3,4)5)11-19-13-18(7-8-18)9-10-22-6/h14-15,19H,7-13H2,1-6H3,(H,20,21). The van der Waals surface area contributed by atoms with Crippen molar-refractivity contribution in [1.29, 1.82) is 0 Å². The van der Waals surface area contributed by atoms with Crippen molar-refractivity contribution in [3.05, 3.63) is 0 Å². The fourth-order valence-corrected chi connectivity index (χ4v) is 2.61. The van der Waals surface area contributed by atoms with E-state index in [1.807, 2.05) is 20.8 Å². The summed E-state index contributed by atoms with van der Waals surface area (Å²) in [6, 6.07) is 0. The first-order valence-corrected chi connectivity index (χ1v) is 8.84. The van der Waals surface area contributed by atoms with Gasteiger partial charge in [-0.2, -0.15) is 0 Å². The Morgan fingerprint density at radius 2 is 1.87 bits per heavy atom. The molecule has 1 fully saturated rings. The predicted octanol–water partition coefficient (Wildman–Crippen LogP) is 3.19. The molecule has 0 aromatic heterocycles. The molecule has 1 aliphatic carbocycles. The summed E-state index contributed by atoms with van der Waals surface area (Å²) < 4.78 is 10.5. The molecule has 1 aliphatic rings. The van der Waals surface area contributed by atoms with Crippen LogP contribution in [0.2, 0.25) is 0 Å². The Hall–Kier alpha value is -0.810. The zero-order chi connectivity index (χ0) is 17.5. The molecule has 1 unspecified atom stereocenters. The van der Waals surface area contributed by atoms with Gasteiger partial charge in [0.25, 0.3) is 0 Å². The van der Waals surface area contributed by atoms with Crippen LogP contribution >= 0.6 is 0 Å². The second kappa shape index (κ2) is 8.88. The van der Waals surface area contributed by atoms with Gasteiger partial charge in [-0.05, 0) is 63.8 Å². The van der Waals surface area contributed by atoms with Gasteiger partial charge in [0.15, 0.2) is 0 Å². The van der Waals surface area contributed by atoms with E-state index in [0.29, 0.717) is 23.8 Å². The third kappa shape index (κ3) is 8.56. The molecule has 1 rings (SSSR count). The Labute approximate surface area is 141 Å². The van der Waals surface area contributed by atoms with E-state index in [-0.39, 0.29) is 6.09 Å². The second-order valence-electron chi connectivity index (χ2n) is 8.26. The molecule has 0 bridgehead atoms. The zero-order valence-electron chi connectivity index (χ0n) is 15.8. The van der Waals surface area contributed by atoms with E-state index in [4.69, 9.17) is 9.47 Å². The molecule has 2 N–H and O–H groups in total. The lowest BCUT2D eigenvalue weighted by molar-refractivity contribution is 0.0514. The number of carbonyl (C=O) groups excluding carboxylic acids is 1. The molecular weight excluding hydrogens is 292 g/mol. The Morgan fingerprint density at radius 1 is 1.22 bits per heavy atom. The number of carbonyl (C=O) groups is 1. The molecule has 0 radical (unpaired) electrons. The number of alkyl carbamates (subject to hydrolysis) is 1. The van der Waals surface area contributed by atoms with Crippen LogP contribution in [0.15, 0.2) is 0 Å². The summed E-state index contributed by atoms with van der Waals surface area (Å²) in [4.78, 5) is 11.8. The number of ether oxygens (including phenoxy) is 2. The van der Waals surface area contributed by atoms with E-state index >= 15 is 0 Å². The molecule has 0 aromatic rings. The largest absolute Gasteiger partial charge is 0.444 e. The second-order valence-corrected chi connectivity index (χ2v) is 8.26. The number of hydrogen-bond donors (Lipinski definition) is 2. The van der Waals surface area contributed by atoms with E-state index < -0.39 is 5.60 Å². The number of hydrogen-bond acceptors (Lipinski definition) is 4. The van der Waals surface area contributed by atoms with Crippen LogP contribution in [0.4, 0.5) is 4.79 Å².